The van der Waals surface area contributed by atoms with Crippen LogP contribution >= 0.6 is 0 Å². The second-order valence-corrected chi connectivity index (χ2v) is 7.21. The number of hydrogen-bond donors (Lipinski definition) is 2. The summed E-state index contributed by atoms with van der Waals surface area (Å²) in [5, 5.41) is 6.94. The van der Waals surface area contributed by atoms with Gasteiger partial charge in [-0.15, -0.1) is 0 Å². The van der Waals surface area contributed by atoms with Crippen LogP contribution in [0, 0.1) is 11.6 Å². The molecule has 130 valence electrons. The van der Waals surface area contributed by atoms with E-state index in [2.05, 4.69) is 15.5 Å². The van der Waals surface area contributed by atoms with Gasteiger partial charge in [-0.2, -0.15) is 0 Å². The smallest absolute Gasteiger partial charge is 0.133 e. The largest absolute Gasteiger partial charge is 0.366 e. The molecule has 2 aromatic carbocycles. The number of nitrogens with zero attached hydrogens (tertiary/aromatic N) is 1. The Morgan fingerprint density at radius 2 is 1.88 bits per heavy atom. The van der Waals surface area contributed by atoms with Gasteiger partial charge in [0.15, 0.2) is 0 Å². The first kappa shape index (κ1) is 15.3. The molecule has 1 fully saturated rings. The maximum absolute atomic E-state index is 14.3. The first-order valence-corrected chi connectivity index (χ1v) is 9.03. The Hall–Kier alpha value is -1.98. The van der Waals surface area contributed by atoms with Gasteiger partial charge in [-0.3, -0.25) is 0 Å². The lowest BCUT2D eigenvalue weighted by atomic mass is 9.87. The Kier molecular flexibility index (Phi) is 3.54. The van der Waals surface area contributed by atoms with Gasteiger partial charge in [0, 0.05) is 43.8 Å². The predicted molar refractivity (Wildman–Crippen MR) is 94.9 cm³/mol. The molecule has 3 aliphatic rings. The summed E-state index contributed by atoms with van der Waals surface area (Å²) in [5.74, 6) is -0.598. The Bertz CT molecular complexity index is 816. The quantitative estimate of drug-likeness (QED) is 0.835. The summed E-state index contributed by atoms with van der Waals surface area (Å²) in [4.78, 5) is 2.53. The topological polar surface area (TPSA) is 27.3 Å². The van der Waals surface area contributed by atoms with Gasteiger partial charge >= 0.3 is 0 Å². The zero-order chi connectivity index (χ0) is 17.0. The van der Waals surface area contributed by atoms with Crippen LogP contribution in [0.4, 0.5) is 14.5 Å². The third-order valence-electron chi connectivity index (χ3n) is 5.85. The average molecular weight is 341 g/mol. The summed E-state index contributed by atoms with van der Waals surface area (Å²) in [6, 6.07) is 8.57. The van der Waals surface area contributed by atoms with Gasteiger partial charge in [0.1, 0.15) is 11.6 Å². The molecule has 25 heavy (non-hydrogen) atoms. The molecule has 1 saturated heterocycles. The molecule has 2 aromatic rings. The molecule has 0 bridgehead atoms. The van der Waals surface area contributed by atoms with Gasteiger partial charge in [-0.25, -0.2) is 8.78 Å². The molecule has 5 rings (SSSR count). The predicted octanol–water partition coefficient (Wildman–Crippen LogP) is 3.00. The highest BCUT2D eigenvalue weighted by atomic mass is 19.1. The van der Waals surface area contributed by atoms with E-state index in [0.29, 0.717) is 17.5 Å². The second-order valence-electron chi connectivity index (χ2n) is 7.21. The summed E-state index contributed by atoms with van der Waals surface area (Å²) in [7, 11) is 0. The number of benzene rings is 2. The van der Waals surface area contributed by atoms with E-state index < -0.39 is 11.6 Å². The molecule has 0 unspecified atom stereocenters. The molecule has 0 aromatic heterocycles. The Labute approximate surface area is 146 Å². The molecule has 0 radical (unpaired) electrons. The lowest BCUT2D eigenvalue weighted by molar-refractivity contribution is 0.402. The molecule has 0 spiro atoms. The average Bonchev–Trinajstić information content (AvgIpc) is 2.77. The van der Waals surface area contributed by atoms with Crippen molar-refractivity contribution in [1.29, 1.82) is 0 Å². The van der Waals surface area contributed by atoms with E-state index in [0.717, 1.165) is 44.7 Å². The fourth-order valence-corrected chi connectivity index (χ4v) is 4.81. The standard InChI is InChI=1S/C20H21F2N3/c21-16-2-1-3-17(22)19(16)12-8-13-10-24-6-7-25-18-4-5-23-11-15(18)14(9-12)20(13)25/h1-3,8-9,15,18,23-24H,4-7,10-11H2/t15-,18-/m1/s1. The first-order valence-electron chi connectivity index (χ1n) is 9.03. The maximum atomic E-state index is 14.3. The third-order valence-corrected chi connectivity index (χ3v) is 5.85. The molecule has 5 heteroatoms. The van der Waals surface area contributed by atoms with Gasteiger partial charge in [-0.1, -0.05) is 6.07 Å². The van der Waals surface area contributed by atoms with Crippen molar-refractivity contribution in [1.82, 2.24) is 10.6 Å². The highest BCUT2D eigenvalue weighted by Crippen LogP contribution is 2.47. The summed E-state index contributed by atoms with van der Waals surface area (Å²) < 4.78 is 28.7. The highest BCUT2D eigenvalue weighted by molar-refractivity contribution is 5.76. The van der Waals surface area contributed by atoms with E-state index >= 15 is 0 Å². The molecule has 3 nitrogen and oxygen atoms in total. The SMILES string of the molecule is Fc1cccc(F)c1-c1cc2c3c(c1)[C@H]1CNCC[C@H]1N3CCNC2. The number of hydrogen-bond acceptors (Lipinski definition) is 3. The lowest BCUT2D eigenvalue weighted by Crippen LogP contribution is -2.45. The normalized spacial score (nSPS) is 24.6. The molecule has 0 amide bonds. The summed E-state index contributed by atoms with van der Waals surface area (Å²) in [6.07, 6.45) is 1.11. The van der Waals surface area contributed by atoms with Gasteiger partial charge in [0.05, 0.1) is 5.56 Å². The molecule has 0 aliphatic carbocycles. The lowest BCUT2D eigenvalue weighted by Gasteiger charge is -2.33. The van der Waals surface area contributed by atoms with Crippen LogP contribution in [0.2, 0.25) is 0 Å². The van der Waals surface area contributed by atoms with Crippen molar-refractivity contribution in [2.45, 2.75) is 24.9 Å². The van der Waals surface area contributed by atoms with Gasteiger partial charge < -0.3 is 15.5 Å². The maximum Gasteiger partial charge on any atom is 0.133 e. The van der Waals surface area contributed by atoms with Crippen molar-refractivity contribution in [3.63, 3.8) is 0 Å². The summed E-state index contributed by atoms with van der Waals surface area (Å²) >= 11 is 0. The van der Waals surface area contributed by atoms with E-state index in [1.54, 1.807) is 0 Å². The molecular weight excluding hydrogens is 320 g/mol. The van der Waals surface area contributed by atoms with E-state index in [9.17, 15) is 8.78 Å². The van der Waals surface area contributed by atoms with Crippen molar-refractivity contribution in [2.75, 3.05) is 31.1 Å². The summed E-state index contributed by atoms with van der Waals surface area (Å²) in [5.41, 5.74) is 4.44. The van der Waals surface area contributed by atoms with Crippen LogP contribution in [-0.2, 0) is 6.54 Å². The first-order chi connectivity index (χ1) is 12.2. The molecule has 3 aliphatic heterocycles. The number of piperidine rings is 1. The number of anilines is 1. The minimum atomic E-state index is -0.498. The highest BCUT2D eigenvalue weighted by Gasteiger charge is 2.41. The molecule has 0 saturated carbocycles. The zero-order valence-corrected chi connectivity index (χ0v) is 14.0. The van der Waals surface area contributed by atoms with Crippen molar-refractivity contribution >= 4 is 5.69 Å². The number of rotatable bonds is 1. The van der Waals surface area contributed by atoms with Gasteiger partial charge in [0.2, 0.25) is 0 Å². The minimum Gasteiger partial charge on any atom is -0.366 e. The van der Waals surface area contributed by atoms with E-state index in [-0.39, 0.29) is 5.56 Å². The molecular formula is C20H21F2N3. The minimum absolute atomic E-state index is 0.0876. The van der Waals surface area contributed by atoms with E-state index in [1.807, 2.05) is 12.1 Å². The fraction of sp³-hybridized carbons (Fsp3) is 0.400. The van der Waals surface area contributed by atoms with E-state index in [4.69, 9.17) is 0 Å². The van der Waals surface area contributed by atoms with E-state index in [1.165, 1.54) is 29.4 Å². The molecule has 3 heterocycles. The monoisotopic (exact) mass is 341 g/mol. The van der Waals surface area contributed by atoms with Crippen LogP contribution in [0.5, 0.6) is 0 Å². The Morgan fingerprint density at radius 1 is 1.04 bits per heavy atom. The van der Waals surface area contributed by atoms with Crippen molar-refractivity contribution < 1.29 is 8.78 Å². The Morgan fingerprint density at radius 3 is 2.72 bits per heavy atom. The van der Waals surface area contributed by atoms with Crippen LogP contribution in [0.15, 0.2) is 30.3 Å². The van der Waals surface area contributed by atoms with Gasteiger partial charge in [0.25, 0.3) is 0 Å². The number of fused-ring (bicyclic) bond motifs is 3. The van der Waals surface area contributed by atoms with Crippen LogP contribution in [0.25, 0.3) is 11.1 Å². The zero-order valence-electron chi connectivity index (χ0n) is 14.0. The molecule has 2 atom stereocenters. The van der Waals surface area contributed by atoms with Crippen LogP contribution in [0.1, 0.15) is 23.5 Å². The Balaban J connectivity index is 1.72. The van der Waals surface area contributed by atoms with Crippen LogP contribution in [-0.4, -0.2) is 32.2 Å². The molecule has 2 N–H and O–H groups in total. The van der Waals surface area contributed by atoms with Crippen molar-refractivity contribution in [3.05, 3.63) is 53.1 Å². The van der Waals surface area contributed by atoms with Crippen molar-refractivity contribution in [2.24, 2.45) is 0 Å². The fourth-order valence-electron chi connectivity index (χ4n) is 4.81. The number of nitrogens with one attached hydrogen (secondary N) is 2. The number of halogens is 2. The van der Waals surface area contributed by atoms with Crippen molar-refractivity contribution in [3.8, 4) is 11.1 Å². The second kappa shape index (κ2) is 5.78. The van der Waals surface area contributed by atoms with Crippen LogP contribution < -0.4 is 15.5 Å². The third kappa shape index (κ3) is 2.29. The van der Waals surface area contributed by atoms with Crippen LogP contribution in [0.3, 0.4) is 0 Å². The van der Waals surface area contributed by atoms with Gasteiger partial charge in [-0.05, 0) is 53.9 Å². The summed E-state index contributed by atoms with van der Waals surface area (Å²) in [6.45, 7) is 4.64.